The highest BCUT2D eigenvalue weighted by Gasteiger charge is 2.36. The summed E-state index contributed by atoms with van der Waals surface area (Å²) >= 11 is 6.02. The maximum absolute atomic E-state index is 12.9. The highest BCUT2D eigenvalue weighted by atomic mass is 35.5. The van der Waals surface area contributed by atoms with Gasteiger partial charge in [-0.05, 0) is 18.2 Å². The number of halogens is 4. The van der Waals surface area contributed by atoms with Crippen molar-refractivity contribution in [2.75, 3.05) is 18.0 Å². The molecule has 7 heteroatoms. The molecule has 1 aliphatic heterocycles. The van der Waals surface area contributed by atoms with E-state index in [0.29, 0.717) is 26.8 Å². The van der Waals surface area contributed by atoms with E-state index < -0.39 is 18.6 Å². The van der Waals surface area contributed by atoms with Gasteiger partial charge in [0, 0.05) is 16.1 Å². The summed E-state index contributed by atoms with van der Waals surface area (Å²) in [4.78, 5) is 17.2. The van der Waals surface area contributed by atoms with Crippen molar-refractivity contribution >= 4 is 28.9 Å². The Hall–Kier alpha value is -2.34. The lowest BCUT2D eigenvalue weighted by atomic mass is 10.00. The fourth-order valence-corrected chi connectivity index (χ4v) is 2.75. The van der Waals surface area contributed by atoms with Crippen LogP contribution in [0.5, 0.6) is 0 Å². The molecule has 24 heavy (non-hydrogen) atoms. The first-order chi connectivity index (χ1) is 11.3. The molecule has 0 aliphatic carbocycles. The van der Waals surface area contributed by atoms with Crippen molar-refractivity contribution in [1.82, 2.24) is 0 Å². The van der Waals surface area contributed by atoms with E-state index >= 15 is 0 Å². The third-order valence-electron chi connectivity index (χ3n) is 3.56. The maximum Gasteiger partial charge on any atom is 0.406 e. The van der Waals surface area contributed by atoms with Crippen molar-refractivity contribution in [2.24, 2.45) is 4.99 Å². The molecule has 1 aliphatic rings. The summed E-state index contributed by atoms with van der Waals surface area (Å²) in [6.07, 6.45) is -4.51. The second-order valence-electron chi connectivity index (χ2n) is 5.29. The summed E-state index contributed by atoms with van der Waals surface area (Å²) in [6, 6.07) is 13.4. The number of rotatable bonds is 2. The molecule has 2 aromatic rings. The zero-order chi connectivity index (χ0) is 17.3. The van der Waals surface area contributed by atoms with Gasteiger partial charge in [-0.15, -0.1) is 0 Å². The van der Waals surface area contributed by atoms with Gasteiger partial charge in [0.25, 0.3) is 0 Å². The number of carbonyl (C=O) groups is 1. The molecule has 0 saturated heterocycles. The van der Waals surface area contributed by atoms with Gasteiger partial charge in [-0.3, -0.25) is 9.79 Å². The van der Waals surface area contributed by atoms with Crippen LogP contribution in [0.2, 0.25) is 5.02 Å². The minimum atomic E-state index is -4.51. The molecule has 0 spiro atoms. The van der Waals surface area contributed by atoms with Crippen LogP contribution >= 0.6 is 11.6 Å². The van der Waals surface area contributed by atoms with Crippen molar-refractivity contribution in [1.29, 1.82) is 0 Å². The first-order valence-corrected chi connectivity index (χ1v) is 7.50. The second kappa shape index (κ2) is 6.28. The fourth-order valence-electron chi connectivity index (χ4n) is 2.58. The zero-order valence-electron chi connectivity index (χ0n) is 12.3. The van der Waals surface area contributed by atoms with Gasteiger partial charge in [0.2, 0.25) is 5.91 Å². The maximum atomic E-state index is 12.9. The van der Waals surface area contributed by atoms with E-state index in [1.807, 2.05) is 6.07 Å². The number of hydrogen-bond acceptors (Lipinski definition) is 2. The van der Waals surface area contributed by atoms with Crippen LogP contribution in [0, 0.1) is 0 Å². The number of amides is 1. The van der Waals surface area contributed by atoms with Gasteiger partial charge in [-0.1, -0.05) is 41.9 Å². The van der Waals surface area contributed by atoms with Crippen LogP contribution in [0.3, 0.4) is 0 Å². The van der Waals surface area contributed by atoms with Crippen molar-refractivity contribution in [3.05, 3.63) is 64.7 Å². The molecule has 1 amide bonds. The van der Waals surface area contributed by atoms with Gasteiger partial charge >= 0.3 is 6.18 Å². The smallest absolute Gasteiger partial charge is 0.301 e. The summed E-state index contributed by atoms with van der Waals surface area (Å²) in [6.45, 7) is -1.72. The molecule has 3 rings (SSSR count). The Morgan fingerprint density at radius 1 is 1.12 bits per heavy atom. The fraction of sp³-hybridized carbons (Fsp3) is 0.176. The van der Waals surface area contributed by atoms with Gasteiger partial charge in [0.1, 0.15) is 13.1 Å². The van der Waals surface area contributed by atoms with Crippen LogP contribution in [0.25, 0.3) is 0 Å². The number of fused-ring (bicyclic) bond motifs is 1. The van der Waals surface area contributed by atoms with Crippen LogP contribution < -0.4 is 4.90 Å². The number of carbonyl (C=O) groups excluding carboxylic acids is 1. The summed E-state index contributed by atoms with van der Waals surface area (Å²) < 4.78 is 38.6. The van der Waals surface area contributed by atoms with Gasteiger partial charge < -0.3 is 4.90 Å². The number of hydrogen-bond donors (Lipinski definition) is 0. The quantitative estimate of drug-likeness (QED) is 0.801. The first kappa shape index (κ1) is 16.5. The molecule has 124 valence electrons. The van der Waals surface area contributed by atoms with E-state index in [1.54, 1.807) is 24.3 Å². The minimum Gasteiger partial charge on any atom is -0.301 e. The summed E-state index contributed by atoms with van der Waals surface area (Å²) in [5, 5.41) is 0.360. The number of alkyl halides is 3. The first-order valence-electron chi connectivity index (χ1n) is 7.12. The van der Waals surface area contributed by atoms with Gasteiger partial charge in [0.05, 0.1) is 11.4 Å². The van der Waals surface area contributed by atoms with Crippen molar-refractivity contribution in [2.45, 2.75) is 6.18 Å². The van der Waals surface area contributed by atoms with Gasteiger partial charge in [-0.2, -0.15) is 13.2 Å². The van der Waals surface area contributed by atoms with E-state index in [9.17, 15) is 18.0 Å². The molecule has 0 unspecified atom stereocenters. The van der Waals surface area contributed by atoms with E-state index in [2.05, 4.69) is 4.99 Å². The van der Waals surface area contributed by atoms with E-state index in [1.165, 1.54) is 18.2 Å². The highest BCUT2D eigenvalue weighted by molar-refractivity contribution is 6.32. The lowest BCUT2D eigenvalue weighted by molar-refractivity contribution is -0.131. The number of benzodiazepines with no additional fused rings is 1. The molecule has 0 N–H and O–H groups in total. The minimum absolute atomic E-state index is 0.154. The van der Waals surface area contributed by atoms with Crippen molar-refractivity contribution in [3.8, 4) is 0 Å². The predicted molar refractivity (Wildman–Crippen MR) is 86.8 cm³/mol. The summed E-state index contributed by atoms with van der Waals surface area (Å²) in [5.41, 5.74) is 1.72. The van der Waals surface area contributed by atoms with Crippen LogP contribution in [0.4, 0.5) is 18.9 Å². The second-order valence-corrected chi connectivity index (χ2v) is 5.72. The zero-order valence-corrected chi connectivity index (χ0v) is 13.1. The lowest BCUT2D eigenvalue weighted by Crippen LogP contribution is -2.40. The molecule has 1 heterocycles. The number of aliphatic imine (C=N–C) groups is 1. The molecular formula is C17H12ClF3N2O. The average Bonchev–Trinajstić information content (AvgIpc) is 2.65. The predicted octanol–water partition coefficient (Wildman–Crippen LogP) is 4.09. The summed E-state index contributed by atoms with van der Waals surface area (Å²) in [7, 11) is 0. The normalized spacial score (nSPS) is 14.9. The van der Waals surface area contributed by atoms with Gasteiger partial charge in [-0.25, -0.2) is 0 Å². The van der Waals surface area contributed by atoms with Crippen LogP contribution in [0.15, 0.2) is 53.5 Å². The van der Waals surface area contributed by atoms with Crippen LogP contribution in [-0.2, 0) is 4.79 Å². The Morgan fingerprint density at radius 2 is 1.83 bits per heavy atom. The summed E-state index contributed by atoms with van der Waals surface area (Å²) in [5.74, 6) is -0.707. The Morgan fingerprint density at radius 3 is 2.50 bits per heavy atom. The average molecular weight is 353 g/mol. The molecule has 2 aromatic carbocycles. The van der Waals surface area contributed by atoms with Gasteiger partial charge in [0.15, 0.2) is 0 Å². The molecule has 0 radical (unpaired) electrons. The molecular weight excluding hydrogens is 341 g/mol. The van der Waals surface area contributed by atoms with Crippen molar-refractivity contribution in [3.63, 3.8) is 0 Å². The SMILES string of the molecule is O=C1CN=C(c2ccccc2)c2cc(Cl)ccc2N1CC(F)(F)F. The van der Waals surface area contributed by atoms with Crippen molar-refractivity contribution < 1.29 is 18.0 Å². The third-order valence-corrected chi connectivity index (χ3v) is 3.80. The largest absolute Gasteiger partial charge is 0.406 e. The van der Waals surface area contributed by atoms with E-state index in [-0.39, 0.29) is 12.2 Å². The number of anilines is 1. The topological polar surface area (TPSA) is 32.7 Å². The molecule has 0 bridgehead atoms. The molecule has 0 atom stereocenters. The molecule has 0 fully saturated rings. The number of benzene rings is 2. The third kappa shape index (κ3) is 3.43. The lowest BCUT2D eigenvalue weighted by Gasteiger charge is -2.24. The standard InChI is InChI=1S/C17H12ClF3N2O/c18-12-6-7-14-13(8-12)16(11-4-2-1-3-5-11)22-9-15(24)23(14)10-17(19,20)21/h1-8H,9-10H2. The molecule has 3 nitrogen and oxygen atoms in total. The monoisotopic (exact) mass is 352 g/mol. The Bertz CT molecular complexity index is 803. The molecule has 0 saturated carbocycles. The number of nitrogens with zero attached hydrogens (tertiary/aromatic N) is 2. The Labute approximate surface area is 141 Å². The van der Waals surface area contributed by atoms with Crippen LogP contribution in [-0.4, -0.2) is 30.9 Å². The Kier molecular flexibility index (Phi) is 4.32. The van der Waals surface area contributed by atoms with Crippen LogP contribution in [0.1, 0.15) is 11.1 Å². The molecule has 0 aromatic heterocycles. The van der Waals surface area contributed by atoms with E-state index in [4.69, 9.17) is 11.6 Å². The highest BCUT2D eigenvalue weighted by Crippen LogP contribution is 2.31. The van der Waals surface area contributed by atoms with E-state index in [0.717, 1.165) is 0 Å². The Balaban J connectivity index is 2.16.